The normalized spacial score (nSPS) is 10.9. The Kier molecular flexibility index (Phi) is 6.83. The average Bonchev–Trinajstić information content (AvgIpc) is 3.07. The Hall–Kier alpha value is -1.69. The van der Waals surface area contributed by atoms with Crippen LogP contribution in [0.2, 0.25) is 10.0 Å². The summed E-state index contributed by atoms with van der Waals surface area (Å²) in [5.74, 6) is 2.31. The molecular weight excluding hydrogens is 389 g/mol. The highest BCUT2D eigenvalue weighted by Gasteiger charge is 2.13. The second-order valence-corrected chi connectivity index (χ2v) is 7.39. The molecule has 0 bridgehead atoms. The zero-order valence-electron chi connectivity index (χ0n) is 14.4. The third-order valence-electron chi connectivity index (χ3n) is 3.75. The van der Waals surface area contributed by atoms with E-state index in [0.29, 0.717) is 22.4 Å². The van der Waals surface area contributed by atoms with Crippen molar-refractivity contribution in [3.8, 4) is 17.1 Å². The smallest absolute Gasteiger partial charge is 0.191 e. The molecule has 0 amide bonds. The Labute approximate surface area is 167 Å². The lowest BCUT2D eigenvalue weighted by Gasteiger charge is -2.10. The number of thioether (sulfide) groups is 1. The van der Waals surface area contributed by atoms with E-state index < -0.39 is 0 Å². The molecule has 0 saturated carbocycles. The van der Waals surface area contributed by atoms with E-state index in [9.17, 15) is 0 Å². The summed E-state index contributed by atoms with van der Waals surface area (Å²) < 4.78 is 7.85. The van der Waals surface area contributed by atoms with Gasteiger partial charge < -0.3 is 9.30 Å². The molecule has 0 aliphatic heterocycles. The van der Waals surface area contributed by atoms with Crippen molar-refractivity contribution in [2.24, 2.45) is 0 Å². The predicted octanol–water partition coefficient (Wildman–Crippen LogP) is 5.83. The monoisotopic (exact) mass is 407 g/mol. The fourth-order valence-electron chi connectivity index (χ4n) is 2.50. The van der Waals surface area contributed by atoms with E-state index in [4.69, 9.17) is 27.9 Å². The molecule has 2 aromatic carbocycles. The van der Waals surface area contributed by atoms with Crippen molar-refractivity contribution in [1.29, 1.82) is 0 Å². The first-order valence-corrected chi connectivity index (χ1v) is 10.1. The van der Waals surface area contributed by atoms with Crippen LogP contribution in [0.3, 0.4) is 0 Å². The van der Waals surface area contributed by atoms with E-state index in [2.05, 4.69) is 21.7 Å². The van der Waals surface area contributed by atoms with Gasteiger partial charge in [-0.3, -0.25) is 0 Å². The van der Waals surface area contributed by atoms with Gasteiger partial charge in [-0.25, -0.2) is 0 Å². The largest absolute Gasteiger partial charge is 0.490 e. The minimum atomic E-state index is 0.531. The Morgan fingerprint density at radius 3 is 2.42 bits per heavy atom. The Morgan fingerprint density at radius 2 is 1.73 bits per heavy atom. The number of hydrogen-bond donors (Lipinski definition) is 0. The second kappa shape index (κ2) is 9.31. The zero-order chi connectivity index (χ0) is 18.4. The quantitative estimate of drug-likeness (QED) is 0.347. The summed E-state index contributed by atoms with van der Waals surface area (Å²) in [7, 11) is 0. The van der Waals surface area contributed by atoms with Gasteiger partial charge in [0.05, 0.1) is 16.7 Å². The number of hydrogen-bond acceptors (Lipinski definition) is 4. The van der Waals surface area contributed by atoms with Gasteiger partial charge in [0.15, 0.2) is 16.7 Å². The van der Waals surface area contributed by atoms with E-state index in [1.807, 2.05) is 30.3 Å². The van der Waals surface area contributed by atoms with Crippen LogP contribution in [0.1, 0.15) is 13.3 Å². The predicted molar refractivity (Wildman–Crippen MR) is 108 cm³/mol. The third kappa shape index (κ3) is 4.53. The Balaban J connectivity index is 1.55. The van der Waals surface area contributed by atoms with Crippen LogP contribution in [0, 0.1) is 0 Å². The molecule has 0 spiro atoms. The standard InChI is InChI=1S/C19H19Cl2N3OS/c1-2-24-18(14-8-4-3-5-9-14)22-23-19(24)26-13-7-12-25-17-15(20)10-6-11-16(17)21/h3-6,8-11H,2,7,12-13H2,1H3. The van der Waals surface area contributed by atoms with Crippen LogP contribution in [0.15, 0.2) is 53.7 Å². The van der Waals surface area contributed by atoms with Crippen LogP contribution >= 0.6 is 35.0 Å². The van der Waals surface area contributed by atoms with Crippen molar-refractivity contribution in [2.45, 2.75) is 25.0 Å². The maximum Gasteiger partial charge on any atom is 0.191 e. The molecule has 136 valence electrons. The van der Waals surface area contributed by atoms with Crippen molar-refractivity contribution in [3.05, 3.63) is 58.6 Å². The summed E-state index contributed by atoms with van der Waals surface area (Å²) in [6, 6.07) is 15.4. The molecule has 0 aliphatic carbocycles. The maximum atomic E-state index is 6.10. The number of benzene rings is 2. The van der Waals surface area contributed by atoms with Gasteiger partial charge in [-0.1, -0.05) is 71.4 Å². The lowest BCUT2D eigenvalue weighted by Crippen LogP contribution is -2.02. The van der Waals surface area contributed by atoms with E-state index in [1.54, 1.807) is 30.0 Å². The molecule has 1 heterocycles. The number of rotatable bonds is 8. The number of nitrogens with zero attached hydrogens (tertiary/aromatic N) is 3. The first kappa shape index (κ1) is 19.1. The molecule has 0 saturated heterocycles. The van der Waals surface area contributed by atoms with Crippen molar-refractivity contribution in [3.63, 3.8) is 0 Å². The highest BCUT2D eigenvalue weighted by molar-refractivity contribution is 7.99. The SMILES string of the molecule is CCn1c(SCCCOc2c(Cl)cccc2Cl)nnc1-c1ccccc1. The molecule has 0 unspecified atom stereocenters. The first-order chi connectivity index (χ1) is 12.7. The second-order valence-electron chi connectivity index (χ2n) is 5.52. The minimum absolute atomic E-state index is 0.531. The van der Waals surface area contributed by atoms with Gasteiger partial charge in [0.1, 0.15) is 0 Å². The molecule has 7 heteroatoms. The number of halogens is 2. The molecule has 0 N–H and O–H groups in total. The fraction of sp³-hybridized carbons (Fsp3) is 0.263. The summed E-state index contributed by atoms with van der Waals surface area (Å²) in [5, 5.41) is 10.7. The number of ether oxygens (including phenoxy) is 1. The van der Waals surface area contributed by atoms with Crippen molar-refractivity contribution in [2.75, 3.05) is 12.4 Å². The molecule has 0 atom stereocenters. The molecule has 0 radical (unpaired) electrons. The van der Waals surface area contributed by atoms with E-state index in [0.717, 1.165) is 35.3 Å². The molecular formula is C19H19Cl2N3OS. The van der Waals surface area contributed by atoms with E-state index in [-0.39, 0.29) is 0 Å². The fourth-order valence-corrected chi connectivity index (χ4v) is 3.92. The Bertz CT molecular complexity index is 835. The molecule has 0 aliphatic rings. The van der Waals surface area contributed by atoms with Crippen LogP contribution in [0.25, 0.3) is 11.4 Å². The lowest BCUT2D eigenvalue weighted by molar-refractivity contribution is 0.319. The lowest BCUT2D eigenvalue weighted by atomic mass is 10.2. The van der Waals surface area contributed by atoms with E-state index >= 15 is 0 Å². The third-order valence-corrected chi connectivity index (χ3v) is 5.40. The number of aromatic nitrogens is 3. The van der Waals surface area contributed by atoms with Gasteiger partial charge >= 0.3 is 0 Å². The molecule has 1 aromatic heterocycles. The van der Waals surface area contributed by atoms with Crippen molar-refractivity contribution in [1.82, 2.24) is 14.8 Å². The molecule has 0 fully saturated rings. The van der Waals surface area contributed by atoms with Gasteiger partial charge in [-0.2, -0.15) is 0 Å². The van der Waals surface area contributed by atoms with Crippen LogP contribution in [0.4, 0.5) is 0 Å². The first-order valence-electron chi connectivity index (χ1n) is 8.39. The Morgan fingerprint density at radius 1 is 1.00 bits per heavy atom. The van der Waals surface area contributed by atoms with Crippen molar-refractivity contribution >= 4 is 35.0 Å². The van der Waals surface area contributed by atoms with Crippen LogP contribution in [-0.4, -0.2) is 27.1 Å². The zero-order valence-corrected chi connectivity index (χ0v) is 16.7. The van der Waals surface area contributed by atoms with Gasteiger partial charge in [0.25, 0.3) is 0 Å². The van der Waals surface area contributed by atoms with Crippen LogP contribution in [-0.2, 0) is 6.54 Å². The summed E-state index contributed by atoms with van der Waals surface area (Å²) in [6.07, 6.45) is 0.851. The summed E-state index contributed by atoms with van der Waals surface area (Å²) in [5.41, 5.74) is 1.07. The highest BCUT2D eigenvalue weighted by atomic mass is 35.5. The molecule has 3 aromatic rings. The highest BCUT2D eigenvalue weighted by Crippen LogP contribution is 2.32. The minimum Gasteiger partial charge on any atom is -0.490 e. The maximum absolute atomic E-state index is 6.10. The van der Waals surface area contributed by atoms with Crippen molar-refractivity contribution < 1.29 is 4.74 Å². The topological polar surface area (TPSA) is 39.9 Å². The average molecular weight is 408 g/mol. The molecule has 26 heavy (non-hydrogen) atoms. The molecule has 4 nitrogen and oxygen atoms in total. The van der Waals surface area contributed by atoms with Crippen LogP contribution < -0.4 is 4.74 Å². The summed E-state index contributed by atoms with van der Waals surface area (Å²) in [4.78, 5) is 0. The van der Waals surface area contributed by atoms with Gasteiger partial charge in [0, 0.05) is 17.9 Å². The summed E-state index contributed by atoms with van der Waals surface area (Å²) >= 11 is 13.9. The number of para-hydroxylation sites is 1. The summed E-state index contributed by atoms with van der Waals surface area (Å²) in [6.45, 7) is 3.47. The van der Waals surface area contributed by atoms with Gasteiger partial charge in [0.2, 0.25) is 0 Å². The molecule has 3 rings (SSSR count). The van der Waals surface area contributed by atoms with Gasteiger partial charge in [-0.05, 0) is 25.5 Å². The van der Waals surface area contributed by atoms with Crippen LogP contribution in [0.5, 0.6) is 5.75 Å². The van der Waals surface area contributed by atoms with Gasteiger partial charge in [-0.15, -0.1) is 10.2 Å². The van der Waals surface area contributed by atoms with E-state index in [1.165, 1.54) is 0 Å².